The van der Waals surface area contributed by atoms with E-state index in [4.69, 9.17) is 0 Å². The van der Waals surface area contributed by atoms with Crippen molar-refractivity contribution in [3.8, 4) is 0 Å². The first-order valence-corrected chi connectivity index (χ1v) is 7.01. The molecule has 0 heterocycles. The molecule has 1 atom stereocenters. The fraction of sp³-hybridized carbons (Fsp3) is 0.800. The summed E-state index contributed by atoms with van der Waals surface area (Å²) in [5.74, 6) is 0.748. The first kappa shape index (κ1) is 14.3. The van der Waals surface area contributed by atoms with Crippen molar-refractivity contribution in [3.63, 3.8) is 0 Å². The molecule has 1 amide bonds. The Kier molecular flexibility index (Phi) is 5.23. The molecule has 0 spiro atoms. The predicted octanol–water partition coefficient (Wildman–Crippen LogP) is 3.77. The van der Waals surface area contributed by atoms with Crippen LogP contribution >= 0.6 is 0 Å². The van der Waals surface area contributed by atoms with Crippen molar-refractivity contribution in [3.05, 3.63) is 11.6 Å². The zero-order valence-corrected chi connectivity index (χ0v) is 12.0. The Labute approximate surface area is 106 Å². The summed E-state index contributed by atoms with van der Waals surface area (Å²) in [6.45, 7) is 10.6. The highest BCUT2D eigenvalue weighted by Crippen LogP contribution is 2.29. The Bertz CT molecular complexity index is 283. The second kappa shape index (κ2) is 6.23. The zero-order valence-electron chi connectivity index (χ0n) is 12.0. The van der Waals surface area contributed by atoms with Crippen molar-refractivity contribution in [1.82, 2.24) is 4.90 Å². The zero-order chi connectivity index (χ0) is 13.0. The number of hydrogen-bond donors (Lipinski definition) is 0. The smallest absolute Gasteiger partial charge is 0.250 e. The molecule has 0 aliphatic heterocycles. The van der Waals surface area contributed by atoms with Crippen molar-refractivity contribution in [2.75, 3.05) is 0 Å². The number of allylic oxidation sites excluding steroid dienone is 1. The van der Waals surface area contributed by atoms with Crippen LogP contribution in [-0.2, 0) is 4.79 Å². The van der Waals surface area contributed by atoms with Gasteiger partial charge in [0, 0.05) is 17.7 Å². The Morgan fingerprint density at radius 3 is 2.41 bits per heavy atom. The third-order valence-electron chi connectivity index (χ3n) is 3.65. The Hall–Kier alpha value is -0.790. The first-order valence-electron chi connectivity index (χ1n) is 7.01. The van der Waals surface area contributed by atoms with Gasteiger partial charge in [0.1, 0.15) is 0 Å². The molecular formula is C15H27NO. The minimum Gasteiger partial charge on any atom is -0.334 e. The largest absolute Gasteiger partial charge is 0.334 e. The van der Waals surface area contributed by atoms with Crippen molar-refractivity contribution in [2.24, 2.45) is 5.92 Å². The summed E-state index contributed by atoms with van der Waals surface area (Å²) in [6.07, 6.45) is 6.75. The van der Waals surface area contributed by atoms with Crippen LogP contribution in [0.1, 0.15) is 60.3 Å². The quantitative estimate of drug-likeness (QED) is 0.729. The molecule has 0 aromatic carbocycles. The van der Waals surface area contributed by atoms with Crippen LogP contribution in [-0.4, -0.2) is 22.9 Å². The lowest BCUT2D eigenvalue weighted by atomic mass is 9.84. The predicted molar refractivity (Wildman–Crippen MR) is 72.8 cm³/mol. The van der Waals surface area contributed by atoms with Gasteiger partial charge in [0.2, 0.25) is 5.91 Å². The highest BCUT2D eigenvalue weighted by molar-refractivity contribution is 5.94. The summed E-state index contributed by atoms with van der Waals surface area (Å²) >= 11 is 0. The lowest BCUT2D eigenvalue weighted by Gasteiger charge is -2.34. The van der Waals surface area contributed by atoms with Gasteiger partial charge in [-0.15, -0.1) is 0 Å². The standard InChI is InChI=1S/C15H27NO/c1-6-13-9-7-8-10-14(13)15(17)16(11(2)3)12(4)5/h10-13H,6-9H2,1-5H3. The average Bonchev–Trinajstić information content (AvgIpc) is 2.27. The van der Waals surface area contributed by atoms with Crippen LogP contribution in [0.2, 0.25) is 0 Å². The Balaban J connectivity index is 2.89. The monoisotopic (exact) mass is 237 g/mol. The van der Waals surface area contributed by atoms with Gasteiger partial charge in [-0.1, -0.05) is 13.0 Å². The minimum atomic E-state index is 0.265. The molecule has 0 saturated heterocycles. The van der Waals surface area contributed by atoms with Gasteiger partial charge in [-0.2, -0.15) is 0 Å². The molecular weight excluding hydrogens is 210 g/mol. The summed E-state index contributed by atoms with van der Waals surface area (Å²) in [5.41, 5.74) is 1.07. The van der Waals surface area contributed by atoms with Crippen LogP contribution in [0.25, 0.3) is 0 Å². The molecule has 0 saturated carbocycles. The fourth-order valence-electron chi connectivity index (χ4n) is 2.84. The third-order valence-corrected chi connectivity index (χ3v) is 3.65. The molecule has 98 valence electrons. The number of nitrogens with zero attached hydrogens (tertiary/aromatic N) is 1. The van der Waals surface area contributed by atoms with Gasteiger partial charge in [0.05, 0.1) is 0 Å². The first-order chi connectivity index (χ1) is 7.99. The van der Waals surface area contributed by atoms with Gasteiger partial charge in [-0.05, 0) is 59.3 Å². The molecule has 17 heavy (non-hydrogen) atoms. The highest BCUT2D eigenvalue weighted by Gasteiger charge is 2.28. The maximum absolute atomic E-state index is 12.6. The molecule has 1 unspecified atom stereocenters. The van der Waals surface area contributed by atoms with Gasteiger partial charge in [-0.25, -0.2) is 0 Å². The lowest BCUT2D eigenvalue weighted by Crippen LogP contribution is -2.44. The second-order valence-electron chi connectivity index (χ2n) is 5.60. The summed E-state index contributed by atoms with van der Waals surface area (Å²) in [5, 5.41) is 0. The van der Waals surface area contributed by atoms with E-state index in [1.54, 1.807) is 0 Å². The maximum atomic E-state index is 12.6. The number of amides is 1. The minimum absolute atomic E-state index is 0.265. The molecule has 2 nitrogen and oxygen atoms in total. The number of carbonyl (C=O) groups is 1. The van der Waals surface area contributed by atoms with Crippen LogP contribution < -0.4 is 0 Å². The molecule has 0 aromatic rings. The van der Waals surface area contributed by atoms with E-state index in [1.165, 1.54) is 12.8 Å². The van der Waals surface area contributed by atoms with Crippen LogP contribution in [0.3, 0.4) is 0 Å². The summed E-state index contributed by atoms with van der Waals surface area (Å²) in [6, 6.07) is 0.561. The molecule has 0 radical (unpaired) electrons. The maximum Gasteiger partial charge on any atom is 0.250 e. The van der Waals surface area contributed by atoms with E-state index in [2.05, 4.69) is 40.7 Å². The normalized spacial score (nSPS) is 20.6. The molecule has 1 rings (SSSR count). The summed E-state index contributed by atoms with van der Waals surface area (Å²) in [7, 11) is 0. The average molecular weight is 237 g/mol. The topological polar surface area (TPSA) is 20.3 Å². The van der Waals surface area contributed by atoms with Crippen molar-refractivity contribution in [2.45, 2.75) is 72.4 Å². The molecule has 0 aromatic heterocycles. The molecule has 0 fully saturated rings. The van der Waals surface area contributed by atoms with Gasteiger partial charge in [-0.3, -0.25) is 4.79 Å². The van der Waals surface area contributed by atoms with Gasteiger partial charge in [0.25, 0.3) is 0 Å². The third kappa shape index (κ3) is 3.34. The Morgan fingerprint density at radius 2 is 1.94 bits per heavy atom. The molecule has 1 aliphatic carbocycles. The van der Waals surface area contributed by atoms with E-state index in [9.17, 15) is 4.79 Å². The molecule has 2 heteroatoms. The van der Waals surface area contributed by atoms with E-state index in [0.717, 1.165) is 18.4 Å². The Morgan fingerprint density at radius 1 is 1.35 bits per heavy atom. The van der Waals surface area contributed by atoms with Crippen LogP contribution in [0.4, 0.5) is 0 Å². The van der Waals surface area contributed by atoms with Crippen LogP contribution in [0, 0.1) is 5.92 Å². The van der Waals surface area contributed by atoms with Crippen molar-refractivity contribution < 1.29 is 4.79 Å². The van der Waals surface area contributed by atoms with Crippen LogP contribution in [0.5, 0.6) is 0 Å². The number of hydrogen-bond acceptors (Lipinski definition) is 1. The molecule has 0 bridgehead atoms. The SMILES string of the molecule is CCC1CCCC=C1C(=O)N(C(C)C)C(C)C. The summed E-state index contributed by atoms with van der Waals surface area (Å²) in [4.78, 5) is 14.6. The van der Waals surface area contributed by atoms with Crippen LogP contribution in [0.15, 0.2) is 11.6 Å². The second-order valence-corrected chi connectivity index (χ2v) is 5.60. The lowest BCUT2D eigenvalue weighted by molar-refractivity contribution is -0.131. The van der Waals surface area contributed by atoms with E-state index in [-0.39, 0.29) is 18.0 Å². The van der Waals surface area contributed by atoms with Gasteiger partial charge >= 0.3 is 0 Å². The number of rotatable bonds is 4. The molecule has 0 N–H and O–H groups in total. The van der Waals surface area contributed by atoms with E-state index < -0.39 is 0 Å². The van der Waals surface area contributed by atoms with Gasteiger partial charge < -0.3 is 4.90 Å². The van der Waals surface area contributed by atoms with Crippen molar-refractivity contribution >= 4 is 5.91 Å². The molecule has 1 aliphatic rings. The highest BCUT2D eigenvalue weighted by atomic mass is 16.2. The summed E-state index contributed by atoms with van der Waals surface area (Å²) < 4.78 is 0. The van der Waals surface area contributed by atoms with E-state index in [0.29, 0.717) is 5.92 Å². The number of carbonyl (C=O) groups excluding carboxylic acids is 1. The van der Waals surface area contributed by atoms with E-state index >= 15 is 0 Å². The fourth-order valence-corrected chi connectivity index (χ4v) is 2.84. The van der Waals surface area contributed by atoms with Crippen molar-refractivity contribution in [1.29, 1.82) is 0 Å². The van der Waals surface area contributed by atoms with Gasteiger partial charge in [0.15, 0.2) is 0 Å². The van der Waals surface area contributed by atoms with E-state index in [1.807, 2.05) is 4.90 Å².